The first kappa shape index (κ1) is 13.0. The SMILES string of the molecule is CCCc1ccc(COc2ccc(S)cc2)cc1. The second kappa shape index (κ2) is 6.50. The smallest absolute Gasteiger partial charge is 0.119 e. The summed E-state index contributed by atoms with van der Waals surface area (Å²) in [4.78, 5) is 0.950. The van der Waals surface area contributed by atoms with Crippen LogP contribution >= 0.6 is 12.6 Å². The van der Waals surface area contributed by atoms with Gasteiger partial charge in [0.1, 0.15) is 12.4 Å². The maximum Gasteiger partial charge on any atom is 0.119 e. The van der Waals surface area contributed by atoms with Crippen LogP contribution < -0.4 is 4.74 Å². The van der Waals surface area contributed by atoms with Crippen LogP contribution in [-0.2, 0) is 13.0 Å². The minimum Gasteiger partial charge on any atom is -0.489 e. The third-order valence-corrected chi connectivity index (χ3v) is 3.10. The standard InChI is InChI=1S/C16H18OS/c1-2-3-13-4-6-14(7-5-13)12-17-15-8-10-16(18)11-9-15/h4-11,18H,2-3,12H2,1H3. The maximum absolute atomic E-state index is 5.71. The Bertz CT molecular complexity index is 473. The highest BCUT2D eigenvalue weighted by atomic mass is 32.1. The van der Waals surface area contributed by atoms with Gasteiger partial charge in [0.05, 0.1) is 0 Å². The van der Waals surface area contributed by atoms with Gasteiger partial charge in [0.2, 0.25) is 0 Å². The Balaban J connectivity index is 1.91. The monoisotopic (exact) mass is 258 g/mol. The molecule has 2 heteroatoms. The van der Waals surface area contributed by atoms with Gasteiger partial charge in [-0.15, -0.1) is 12.6 Å². The summed E-state index contributed by atoms with van der Waals surface area (Å²) in [7, 11) is 0. The summed E-state index contributed by atoms with van der Waals surface area (Å²) in [5, 5.41) is 0. The molecule has 0 N–H and O–H groups in total. The third-order valence-electron chi connectivity index (χ3n) is 2.80. The van der Waals surface area contributed by atoms with Crippen LogP contribution in [0.15, 0.2) is 53.4 Å². The summed E-state index contributed by atoms with van der Waals surface area (Å²) in [6, 6.07) is 16.4. The Morgan fingerprint density at radius 1 is 0.889 bits per heavy atom. The Morgan fingerprint density at radius 3 is 2.11 bits per heavy atom. The van der Waals surface area contributed by atoms with Crippen molar-refractivity contribution in [1.29, 1.82) is 0 Å². The van der Waals surface area contributed by atoms with Gasteiger partial charge in [0, 0.05) is 4.90 Å². The lowest BCUT2D eigenvalue weighted by atomic mass is 10.1. The van der Waals surface area contributed by atoms with Crippen molar-refractivity contribution >= 4 is 12.6 Å². The molecular weight excluding hydrogens is 240 g/mol. The fourth-order valence-electron chi connectivity index (χ4n) is 1.80. The average Bonchev–Trinajstić information content (AvgIpc) is 2.40. The van der Waals surface area contributed by atoms with Gasteiger partial charge in [-0.3, -0.25) is 0 Å². The zero-order valence-corrected chi connectivity index (χ0v) is 11.5. The average molecular weight is 258 g/mol. The molecule has 2 rings (SSSR count). The van der Waals surface area contributed by atoms with Gasteiger partial charge in [0.25, 0.3) is 0 Å². The minimum absolute atomic E-state index is 0.609. The number of thiol groups is 1. The van der Waals surface area contributed by atoms with Crippen molar-refractivity contribution in [2.45, 2.75) is 31.3 Å². The zero-order valence-electron chi connectivity index (χ0n) is 10.6. The molecule has 0 aromatic heterocycles. The Hall–Kier alpha value is -1.41. The topological polar surface area (TPSA) is 9.23 Å². The molecule has 0 heterocycles. The first-order valence-corrected chi connectivity index (χ1v) is 6.72. The number of benzene rings is 2. The van der Waals surface area contributed by atoms with Gasteiger partial charge >= 0.3 is 0 Å². The molecule has 0 atom stereocenters. The molecule has 0 saturated carbocycles. The van der Waals surface area contributed by atoms with E-state index in [0.717, 1.165) is 17.1 Å². The van der Waals surface area contributed by atoms with E-state index in [1.54, 1.807) is 0 Å². The van der Waals surface area contributed by atoms with E-state index in [0.29, 0.717) is 6.61 Å². The van der Waals surface area contributed by atoms with Crippen molar-refractivity contribution in [2.24, 2.45) is 0 Å². The molecule has 0 spiro atoms. The second-order valence-electron chi connectivity index (χ2n) is 4.35. The Morgan fingerprint density at radius 2 is 1.50 bits per heavy atom. The van der Waals surface area contributed by atoms with E-state index in [1.165, 1.54) is 17.5 Å². The molecule has 0 aliphatic carbocycles. The van der Waals surface area contributed by atoms with Crippen LogP contribution in [0.1, 0.15) is 24.5 Å². The molecule has 2 aromatic carbocycles. The van der Waals surface area contributed by atoms with Crippen molar-refractivity contribution in [3.05, 3.63) is 59.7 Å². The van der Waals surface area contributed by atoms with Crippen LogP contribution in [0.2, 0.25) is 0 Å². The first-order chi connectivity index (χ1) is 8.78. The van der Waals surface area contributed by atoms with Crippen molar-refractivity contribution in [3.63, 3.8) is 0 Å². The Kier molecular flexibility index (Phi) is 4.71. The van der Waals surface area contributed by atoms with E-state index in [2.05, 4.69) is 43.8 Å². The molecular formula is C16H18OS. The van der Waals surface area contributed by atoms with E-state index in [-0.39, 0.29) is 0 Å². The molecule has 0 radical (unpaired) electrons. The normalized spacial score (nSPS) is 10.3. The van der Waals surface area contributed by atoms with Crippen molar-refractivity contribution in [2.75, 3.05) is 0 Å². The van der Waals surface area contributed by atoms with E-state index >= 15 is 0 Å². The number of aryl methyl sites for hydroxylation is 1. The molecule has 94 valence electrons. The summed E-state index contributed by atoms with van der Waals surface area (Å²) in [6.07, 6.45) is 2.33. The predicted octanol–water partition coefficient (Wildman–Crippen LogP) is 4.51. The highest BCUT2D eigenvalue weighted by molar-refractivity contribution is 7.80. The number of hydrogen-bond acceptors (Lipinski definition) is 2. The van der Waals surface area contributed by atoms with Gasteiger partial charge in [-0.2, -0.15) is 0 Å². The molecule has 0 aliphatic rings. The van der Waals surface area contributed by atoms with E-state index in [4.69, 9.17) is 4.74 Å². The van der Waals surface area contributed by atoms with Crippen LogP contribution in [0.25, 0.3) is 0 Å². The summed E-state index contributed by atoms with van der Waals surface area (Å²) >= 11 is 4.25. The summed E-state index contributed by atoms with van der Waals surface area (Å²) < 4.78 is 5.71. The summed E-state index contributed by atoms with van der Waals surface area (Å²) in [5.74, 6) is 0.880. The van der Waals surface area contributed by atoms with Gasteiger partial charge in [-0.05, 0) is 41.8 Å². The number of hydrogen-bond donors (Lipinski definition) is 1. The highest BCUT2D eigenvalue weighted by Crippen LogP contribution is 2.16. The lowest BCUT2D eigenvalue weighted by molar-refractivity contribution is 0.306. The lowest BCUT2D eigenvalue weighted by Crippen LogP contribution is -1.95. The molecule has 0 saturated heterocycles. The molecule has 0 aliphatic heterocycles. The van der Waals surface area contributed by atoms with E-state index in [1.807, 2.05) is 24.3 Å². The zero-order chi connectivity index (χ0) is 12.8. The van der Waals surface area contributed by atoms with Crippen molar-refractivity contribution < 1.29 is 4.74 Å². The molecule has 18 heavy (non-hydrogen) atoms. The molecule has 0 fully saturated rings. The van der Waals surface area contributed by atoms with E-state index in [9.17, 15) is 0 Å². The van der Waals surface area contributed by atoms with Crippen molar-refractivity contribution in [1.82, 2.24) is 0 Å². The third kappa shape index (κ3) is 3.81. The van der Waals surface area contributed by atoms with Crippen LogP contribution in [-0.4, -0.2) is 0 Å². The van der Waals surface area contributed by atoms with Gasteiger partial charge < -0.3 is 4.74 Å². The molecule has 0 amide bonds. The van der Waals surface area contributed by atoms with Crippen LogP contribution in [0.3, 0.4) is 0 Å². The molecule has 0 unspecified atom stereocenters. The number of ether oxygens (including phenoxy) is 1. The van der Waals surface area contributed by atoms with Gasteiger partial charge in [-0.1, -0.05) is 37.6 Å². The molecule has 2 aromatic rings. The first-order valence-electron chi connectivity index (χ1n) is 6.27. The second-order valence-corrected chi connectivity index (χ2v) is 4.87. The molecule has 1 nitrogen and oxygen atoms in total. The van der Waals surface area contributed by atoms with Gasteiger partial charge in [-0.25, -0.2) is 0 Å². The maximum atomic E-state index is 5.71. The predicted molar refractivity (Wildman–Crippen MR) is 78.5 cm³/mol. The van der Waals surface area contributed by atoms with Crippen LogP contribution in [0.5, 0.6) is 5.75 Å². The van der Waals surface area contributed by atoms with Crippen molar-refractivity contribution in [3.8, 4) is 5.75 Å². The van der Waals surface area contributed by atoms with Crippen LogP contribution in [0, 0.1) is 0 Å². The number of rotatable bonds is 5. The highest BCUT2D eigenvalue weighted by Gasteiger charge is 1.97. The Labute approximate surface area is 114 Å². The van der Waals surface area contributed by atoms with Gasteiger partial charge in [0.15, 0.2) is 0 Å². The van der Waals surface area contributed by atoms with E-state index < -0.39 is 0 Å². The lowest BCUT2D eigenvalue weighted by Gasteiger charge is -2.07. The fraction of sp³-hybridized carbons (Fsp3) is 0.250. The quantitative estimate of drug-likeness (QED) is 0.776. The largest absolute Gasteiger partial charge is 0.489 e. The van der Waals surface area contributed by atoms with Crippen LogP contribution in [0.4, 0.5) is 0 Å². The summed E-state index contributed by atoms with van der Waals surface area (Å²) in [5.41, 5.74) is 2.59. The molecule has 0 bridgehead atoms. The minimum atomic E-state index is 0.609. The summed E-state index contributed by atoms with van der Waals surface area (Å²) in [6.45, 7) is 2.81. The fourth-order valence-corrected chi connectivity index (χ4v) is 1.95.